The molecular formula is C23H30N4O3S. The van der Waals surface area contributed by atoms with Crippen LogP contribution < -0.4 is 4.90 Å². The number of anilines is 1. The summed E-state index contributed by atoms with van der Waals surface area (Å²) >= 11 is 0. The highest BCUT2D eigenvalue weighted by molar-refractivity contribution is 7.89. The summed E-state index contributed by atoms with van der Waals surface area (Å²) < 4.78 is 33.5. The van der Waals surface area contributed by atoms with Crippen molar-refractivity contribution in [3.05, 3.63) is 30.0 Å². The van der Waals surface area contributed by atoms with Gasteiger partial charge >= 0.3 is 0 Å². The molecule has 0 spiro atoms. The lowest BCUT2D eigenvalue weighted by atomic mass is 9.92. The van der Waals surface area contributed by atoms with E-state index in [2.05, 4.69) is 36.7 Å². The van der Waals surface area contributed by atoms with Crippen LogP contribution in [0.3, 0.4) is 0 Å². The second-order valence-corrected chi connectivity index (χ2v) is 11.2. The van der Waals surface area contributed by atoms with Crippen LogP contribution >= 0.6 is 0 Å². The third-order valence-electron chi connectivity index (χ3n) is 6.35. The number of benzene rings is 1. The summed E-state index contributed by atoms with van der Waals surface area (Å²) in [5.74, 6) is 2.45. The van der Waals surface area contributed by atoms with Gasteiger partial charge in [-0.2, -0.15) is 14.6 Å². The Morgan fingerprint density at radius 2 is 1.65 bits per heavy atom. The lowest BCUT2D eigenvalue weighted by Gasteiger charge is -2.34. The monoisotopic (exact) mass is 442 g/mol. The van der Waals surface area contributed by atoms with E-state index in [4.69, 9.17) is 4.42 Å². The molecule has 31 heavy (non-hydrogen) atoms. The van der Waals surface area contributed by atoms with Gasteiger partial charge in [-0.05, 0) is 61.3 Å². The maximum absolute atomic E-state index is 13.0. The van der Waals surface area contributed by atoms with Crippen LogP contribution in [0.15, 0.2) is 33.6 Å². The second-order valence-electron chi connectivity index (χ2n) is 9.25. The summed E-state index contributed by atoms with van der Waals surface area (Å²) in [7, 11) is -3.50. The van der Waals surface area contributed by atoms with Gasteiger partial charge in [0.2, 0.25) is 27.5 Å². The Hall–Kier alpha value is -2.37. The van der Waals surface area contributed by atoms with Crippen LogP contribution in [-0.2, 0) is 10.0 Å². The van der Waals surface area contributed by atoms with Crippen molar-refractivity contribution in [1.82, 2.24) is 9.29 Å². The molecule has 0 saturated carbocycles. The van der Waals surface area contributed by atoms with Crippen molar-refractivity contribution >= 4 is 15.9 Å². The van der Waals surface area contributed by atoms with E-state index >= 15 is 0 Å². The highest BCUT2D eigenvalue weighted by Crippen LogP contribution is 2.33. The first-order chi connectivity index (χ1) is 14.8. The van der Waals surface area contributed by atoms with Crippen LogP contribution in [0.2, 0.25) is 0 Å². The first-order valence-electron chi connectivity index (χ1n) is 11.0. The zero-order chi connectivity index (χ0) is 22.2. The fourth-order valence-electron chi connectivity index (χ4n) is 4.70. The minimum Gasteiger partial charge on any atom is -0.419 e. The van der Waals surface area contributed by atoms with Crippen LogP contribution in [0.4, 0.5) is 5.88 Å². The predicted molar refractivity (Wildman–Crippen MR) is 119 cm³/mol. The zero-order valence-electron chi connectivity index (χ0n) is 18.4. The number of piperidine rings is 2. The number of sulfonamides is 1. The van der Waals surface area contributed by atoms with Crippen molar-refractivity contribution in [3.63, 3.8) is 0 Å². The number of rotatable bonds is 4. The standard InChI is InChI=1S/C23H30N4O3S/c1-16-8-10-27(11-9-16)31(28,29)20-6-4-19(5-7-20)22-25-21(13-24)23(30-22)26-14-17(2)12-18(3)15-26/h4-7,16-18H,8-12,14-15H2,1-3H3/t17-,18-/m1/s1. The van der Waals surface area contributed by atoms with E-state index in [1.807, 2.05) is 0 Å². The topological polar surface area (TPSA) is 90.4 Å². The van der Waals surface area contributed by atoms with E-state index < -0.39 is 10.0 Å². The Labute approximate surface area is 184 Å². The van der Waals surface area contributed by atoms with Gasteiger partial charge < -0.3 is 9.32 Å². The van der Waals surface area contributed by atoms with Crippen molar-refractivity contribution < 1.29 is 12.8 Å². The molecular weight excluding hydrogens is 412 g/mol. The second kappa shape index (κ2) is 8.64. The highest BCUT2D eigenvalue weighted by Gasteiger charge is 2.29. The molecule has 0 amide bonds. The van der Waals surface area contributed by atoms with E-state index in [1.54, 1.807) is 28.6 Å². The molecule has 1 aromatic carbocycles. The molecule has 4 rings (SSSR count). The molecule has 2 aromatic rings. The fraction of sp³-hybridized carbons (Fsp3) is 0.565. The van der Waals surface area contributed by atoms with Gasteiger partial charge in [-0.25, -0.2) is 8.42 Å². The number of hydrogen-bond acceptors (Lipinski definition) is 6. The summed E-state index contributed by atoms with van der Waals surface area (Å²) in [4.78, 5) is 6.76. The predicted octanol–water partition coefficient (Wildman–Crippen LogP) is 4.12. The zero-order valence-corrected chi connectivity index (χ0v) is 19.2. The molecule has 0 unspecified atom stereocenters. The number of oxazole rings is 1. The molecule has 1 aromatic heterocycles. The number of aromatic nitrogens is 1. The van der Waals surface area contributed by atoms with Crippen LogP contribution in [0.1, 0.15) is 45.7 Å². The maximum Gasteiger partial charge on any atom is 0.243 e. The van der Waals surface area contributed by atoms with Crippen molar-refractivity contribution in [2.45, 2.75) is 44.9 Å². The van der Waals surface area contributed by atoms with Crippen LogP contribution in [0, 0.1) is 29.1 Å². The largest absolute Gasteiger partial charge is 0.419 e. The van der Waals surface area contributed by atoms with E-state index in [9.17, 15) is 13.7 Å². The Bertz CT molecular complexity index is 1050. The molecule has 0 bridgehead atoms. The van der Waals surface area contributed by atoms with Crippen LogP contribution in [0.5, 0.6) is 0 Å². The van der Waals surface area contributed by atoms with Crippen molar-refractivity contribution in [2.24, 2.45) is 17.8 Å². The molecule has 2 saturated heterocycles. The summed E-state index contributed by atoms with van der Waals surface area (Å²) in [6.45, 7) is 9.35. The molecule has 2 aliphatic heterocycles. The van der Waals surface area contributed by atoms with Gasteiger partial charge in [0.25, 0.3) is 0 Å². The van der Waals surface area contributed by atoms with E-state index in [0.29, 0.717) is 48.2 Å². The summed E-state index contributed by atoms with van der Waals surface area (Å²) in [6.07, 6.45) is 2.94. The number of nitriles is 1. The highest BCUT2D eigenvalue weighted by atomic mass is 32.2. The summed E-state index contributed by atoms with van der Waals surface area (Å²) in [5, 5.41) is 9.57. The molecule has 3 heterocycles. The first-order valence-corrected chi connectivity index (χ1v) is 12.5. The number of nitrogens with zero attached hydrogens (tertiary/aromatic N) is 4. The molecule has 2 fully saturated rings. The average molecular weight is 443 g/mol. The smallest absolute Gasteiger partial charge is 0.243 e. The third kappa shape index (κ3) is 4.48. The van der Waals surface area contributed by atoms with Crippen LogP contribution in [0.25, 0.3) is 11.5 Å². The molecule has 0 radical (unpaired) electrons. The Morgan fingerprint density at radius 1 is 1.03 bits per heavy atom. The van der Waals surface area contributed by atoms with Gasteiger partial charge in [0.05, 0.1) is 4.90 Å². The van der Waals surface area contributed by atoms with E-state index in [0.717, 1.165) is 32.4 Å². The van der Waals surface area contributed by atoms with Gasteiger partial charge in [0.1, 0.15) is 6.07 Å². The van der Waals surface area contributed by atoms with E-state index in [-0.39, 0.29) is 10.6 Å². The minimum absolute atomic E-state index is 0.274. The molecule has 8 heteroatoms. The lowest BCUT2D eigenvalue weighted by Crippen LogP contribution is -2.38. The van der Waals surface area contributed by atoms with Gasteiger partial charge in [0.15, 0.2) is 0 Å². The quantitative estimate of drug-likeness (QED) is 0.708. The molecule has 7 nitrogen and oxygen atoms in total. The molecule has 0 aliphatic carbocycles. The van der Waals surface area contributed by atoms with Gasteiger partial charge in [0, 0.05) is 31.7 Å². The third-order valence-corrected chi connectivity index (χ3v) is 8.27. The molecule has 0 N–H and O–H groups in total. The Balaban J connectivity index is 1.57. The Kier molecular flexibility index (Phi) is 6.09. The molecule has 2 atom stereocenters. The SMILES string of the molecule is CC1CCN(S(=O)(=O)c2ccc(-c3nc(C#N)c(N4C[C@H](C)C[C@@H](C)C4)o3)cc2)CC1. The minimum atomic E-state index is -3.50. The van der Waals surface area contributed by atoms with Crippen molar-refractivity contribution in [3.8, 4) is 17.5 Å². The van der Waals surface area contributed by atoms with Gasteiger partial charge in [-0.3, -0.25) is 0 Å². The van der Waals surface area contributed by atoms with Crippen molar-refractivity contribution in [2.75, 3.05) is 31.1 Å². The molecule has 166 valence electrons. The summed E-state index contributed by atoms with van der Waals surface area (Å²) in [6, 6.07) is 8.76. The average Bonchev–Trinajstić information content (AvgIpc) is 3.18. The Morgan fingerprint density at radius 3 is 2.23 bits per heavy atom. The van der Waals surface area contributed by atoms with Crippen LogP contribution in [-0.4, -0.2) is 43.9 Å². The maximum atomic E-state index is 13.0. The molecule has 2 aliphatic rings. The fourth-order valence-corrected chi connectivity index (χ4v) is 6.16. The first kappa shape index (κ1) is 21.8. The van der Waals surface area contributed by atoms with Crippen molar-refractivity contribution in [1.29, 1.82) is 5.26 Å². The number of hydrogen-bond donors (Lipinski definition) is 0. The van der Waals surface area contributed by atoms with E-state index in [1.165, 1.54) is 0 Å². The van der Waals surface area contributed by atoms with Gasteiger partial charge in [-0.15, -0.1) is 0 Å². The normalized spacial score (nSPS) is 23.6. The summed E-state index contributed by atoms with van der Waals surface area (Å²) in [5.41, 5.74) is 0.933. The lowest BCUT2D eigenvalue weighted by molar-refractivity contribution is 0.288. The van der Waals surface area contributed by atoms with Gasteiger partial charge in [-0.1, -0.05) is 20.8 Å².